The van der Waals surface area contributed by atoms with Gasteiger partial charge in [-0.15, -0.1) is 0 Å². The van der Waals surface area contributed by atoms with E-state index < -0.39 is 3.25 Å². The molecule has 8 heteroatoms. The van der Waals surface area contributed by atoms with E-state index in [-0.39, 0.29) is 0 Å². The van der Waals surface area contributed by atoms with E-state index in [4.69, 9.17) is 51.2 Å². The van der Waals surface area contributed by atoms with Crippen molar-refractivity contribution in [2.45, 2.75) is 3.25 Å². The van der Waals surface area contributed by atoms with Gasteiger partial charge in [-0.3, -0.25) is 0 Å². The molecular formula is C3Cl4OS3. The first kappa shape index (κ1) is 18.1. The van der Waals surface area contributed by atoms with Gasteiger partial charge < -0.3 is 0 Å². The summed E-state index contributed by atoms with van der Waals surface area (Å²) in [7, 11) is 0. The van der Waals surface area contributed by atoms with Gasteiger partial charge in [-0.25, -0.2) is 4.79 Å². The maximum Gasteiger partial charge on any atom is 0.266 e. The maximum absolute atomic E-state index is 8.50. The fraction of sp³-hybridized carbons (Fsp3) is 0.333. The average Bonchev–Trinajstić information content (AvgIpc) is 1.62. The van der Waals surface area contributed by atoms with Gasteiger partial charge in [0.1, 0.15) is 0 Å². The Hall–Kier alpha value is 1.18. The number of halogens is 4. The van der Waals surface area contributed by atoms with Crippen LogP contribution in [0.15, 0.2) is 0 Å². The monoisotopic (exact) mass is 288 g/mol. The van der Waals surface area contributed by atoms with Crippen LogP contribution in [0.4, 0.5) is 0 Å². The summed E-state index contributed by atoms with van der Waals surface area (Å²) in [4.78, 5) is 8.50. The molecule has 0 rings (SSSR count). The molecule has 11 heavy (non-hydrogen) atoms. The molecule has 0 unspecified atom stereocenters. The van der Waals surface area contributed by atoms with Crippen LogP contribution in [0.5, 0.6) is 0 Å². The van der Waals surface area contributed by atoms with E-state index in [1.807, 2.05) is 4.31 Å². The van der Waals surface area contributed by atoms with Crippen molar-refractivity contribution in [3.05, 3.63) is 0 Å². The van der Waals surface area contributed by atoms with Gasteiger partial charge in [-0.2, -0.15) is 0 Å². The van der Waals surface area contributed by atoms with Crippen LogP contribution in [0.25, 0.3) is 0 Å². The zero-order valence-corrected chi connectivity index (χ0v) is 10.1. The Morgan fingerprint density at radius 1 is 1.00 bits per heavy atom. The lowest BCUT2D eigenvalue weighted by Crippen LogP contribution is -1.81. The molecule has 0 saturated heterocycles. The normalized spacial score (nSPS) is 6.91. The van der Waals surface area contributed by atoms with E-state index in [0.29, 0.717) is 0 Å². The maximum atomic E-state index is 8.50. The molecule has 0 aliphatic carbocycles. The SMILES string of the molecule is ClC(Cl)(Cl)Cl.O=C=S.S=C=S. The molecule has 0 amide bonds. The summed E-state index contributed by atoms with van der Waals surface area (Å²) >= 11 is 30.8. The fourth-order valence-electron chi connectivity index (χ4n) is 0. The Labute approximate surface area is 99.9 Å². The van der Waals surface area contributed by atoms with E-state index >= 15 is 0 Å². The van der Waals surface area contributed by atoms with Gasteiger partial charge in [-0.1, -0.05) is 46.4 Å². The molecule has 0 aliphatic heterocycles. The first-order valence-corrected chi connectivity index (χ1v) is 4.31. The zero-order chi connectivity index (χ0) is 9.91. The predicted molar refractivity (Wildman–Crippen MR) is 59.6 cm³/mol. The Morgan fingerprint density at radius 3 is 1.00 bits per heavy atom. The smallest absolute Gasteiger partial charge is 0.220 e. The molecule has 0 aromatic rings. The van der Waals surface area contributed by atoms with Crippen LogP contribution in [0.1, 0.15) is 0 Å². The molecule has 0 radical (unpaired) electrons. The number of alkyl halides is 4. The van der Waals surface area contributed by atoms with Crippen LogP contribution >= 0.6 is 83.1 Å². The fourth-order valence-corrected chi connectivity index (χ4v) is 0. The minimum Gasteiger partial charge on any atom is -0.220 e. The molecule has 64 valence electrons. The van der Waals surface area contributed by atoms with Crippen molar-refractivity contribution in [3.8, 4) is 0 Å². The van der Waals surface area contributed by atoms with Crippen molar-refractivity contribution in [2.24, 2.45) is 0 Å². The summed E-state index contributed by atoms with van der Waals surface area (Å²) in [5, 5.41) is 1.08. The van der Waals surface area contributed by atoms with Gasteiger partial charge in [0.25, 0.3) is 3.25 Å². The summed E-state index contributed by atoms with van der Waals surface area (Å²) in [6.07, 6.45) is 0. The van der Waals surface area contributed by atoms with Gasteiger partial charge in [-0.05, 0) is 24.4 Å². The quantitative estimate of drug-likeness (QED) is 0.498. The van der Waals surface area contributed by atoms with Crippen molar-refractivity contribution in [2.75, 3.05) is 0 Å². The second kappa shape index (κ2) is 13.7. The Balaban J connectivity index is -0.0000000933. The number of rotatable bonds is 0. The first-order chi connectivity index (χ1) is 4.83. The molecule has 0 atom stereocenters. The van der Waals surface area contributed by atoms with Crippen molar-refractivity contribution < 1.29 is 4.79 Å². The molecule has 0 aromatic carbocycles. The molecule has 1 nitrogen and oxygen atoms in total. The first-order valence-electron chi connectivity index (χ1n) is 1.57. The summed E-state index contributed by atoms with van der Waals surface area (Å²) in [5.41, 5.74) is 0. The van der Waals surface area contributed by atoms with Gasteiger partial charge in [0.2, 0.25) is 5.23 Å². The lowest BCUT2D eigenvalue weighted by atomic mass is 11.8. The zero-order valence-electron chi connectivity index (χ0n) is 4.64. The van der Waals surface area contributed by atoms with Gasteiger partial charge in [0.15, 0.2) is 0 Å². The van der Waals surface area contributed by atoms with E-state index in [2.05, 4.69) is 36.7 Å². The Bertz CT molecular complexity index is 123. The molecule has 0 aromatic heterocycles. The van der Waals surface area contributed by atoms with Crippen LogP contribution < -0.4 is 0 Å². The highest BCUT2D eigenvalue weighted by atomic mass is 35.6. The minimum atomic E-state index is -1.61. The highest BCUT2D eigenvalue weighted by Gasteiger charge is 2.11. The van der Waals surface area contributed by atoms with E-state index in [0.717, 1.165) is 5.23 Å². The van der Waals surface area contributed by atoms with Gasteiger partial charge in [0.05, 0.1) is 0 Å². The van der Waals surface area contributed by atoms with Crippen molar-refractivity contribution in [1.29, 1.82) is 0 Å². The van der Waals surface area contributed by atoms with Crippen LogP contribution in [0.2, 0.25) is 0 Å². The van der Waals surface area contributed by atoms with Crippen molar-refractivity contribution in [3.63, 3.8) is 0 Å². The standard InChI is InChI=1S/CCl4.COS.CS2/c2-1(3,4)5;2*2-1-3. The predicted octanol–water partition coefficient (Wildman–Crippen LogP) is 3.82. The third kappa shape index (κ3) is 677. The van der Waals surface area contributed by atoms with E-state index in [1.54, 1.807) is 0 Å². The lowest BCUT2D eigenvalue weighted by Gasteiger charge is -1.91. The molecule has 0 aliphatic rings. The molecular weight excluding hydrogens is 290 g/mol. The van der Waals surface area contributed by atoms with Crippen LogP contribution in [0.3, 0.4) is 0 Å². The van der Waals surface area contributed by atoms with Crippen LogP contribution in [-0.2, 0) is 4.79 Å². The van der Waals surface area contributed by atoms with Crippen LogP contribution in [-0.4, -0.2) is 12.8 Å². The minimum absolute atomic E-state index is 1.08. The van der Waals surface area contributed by atoms with Crippen LogP contribution in [0, 0.1) is 0 Å². The Morgan fingerprint density at radius 2 is 1.00 bits per heavy atom. The number of hydrogen-bond acceptors (Lipinski definition) is 4. The summed E-state index contributed by atoms with van der Waals surface area (Å²) in [5.74, 6) is 0. The lowest BCUT2D eigenvalue weighted by molar-refractivity contribution is 0.572. The second-order valence-corrected chi connectivity index (χ2v) is 4.86. The molecule has 0 N–H and O–H groups in total. The highest BCUT2D eigenvalue weighted by molar-refractivity contribution is 7.93. The molecule has 0 heterocycles. The molecule has 0 fully saturated rings. The van der Waals surface area contributed by atoms with Gasteiger partial charge in [0, 0.05) is 16.5 Å². The highest BCUT2D eigenvalue weighted by Crippen LogP contribution is 2.29. The van der Waals surface area contributed by atoms with Crippen molar-refractivity contribution >= 4 is 92.6 Å². The van der Waals surface area contributed by atoms with Crippen molar-refractivity contribution in [1.82, 2.24) is 0 Å². The van der Waals surface area contributed by atoms with E-state index in [1.165, 1.54) is 0 Å². The number of hydrogen-bond donors (Lipinski definition) is 0. The molecule has 0 saturated carbocycles. The topological polar surface area (TPSA) is 17.1 Å². The third-order valence-electron chi connectivity index (χ3n) is 0. The van der Waals surface area contributed by atoms with Gasteiger partial charge >= 0.3 is 0 Å². The second-order valence-electron chi connectivity index (χ2n) is 0.595. The third-order valence-corrected chi connectivity index (χ3v) is 0. The average molecular weight is 290 g/mol. The number of carbonyl (C=O) groups excluding carboxylic acids is 1. The molecule has 0 bridgehead atoms. The van der Waals surface area contributed by atoms with E-state index in [9.17, 15) is 0 Å². The number of thiocarbonyl (C=S) groups is 3. The summed E-state index contributed by atoms with van der Waals surface area (Å²) in [6.45, 7) is 0. The summed E-state index contributed by atoms with van der Waals surface area (Å²) < 4.78 is 0.306. The molecule has 0 spiro atoms. The summed E-state index contributed by atoms with van der Waals surface area (Å²) in [6, 6.07) is 0. The Kier molecular flexibility index (Phi) is 22.6. The largest absolute Gasteiger partial charge is 0.266 e.